The van der Waals surface area contributed by atoms with Crippen LogP contribution in [0.15, 0.2) is 78.9 Å². The second-order valence-corrected chi connectivity index (χ2v) is 23.7. The number of hydrogen-bond acceptors (Lipinski definition) is 2. The number of nitrogens with zero attached hydrogens (tertiary/aromatic N) is 1. The van der Waals surface area contributed by atoms with Crippen molar-refractivity contribution in [3.05, 3.63) is 78.9 Å². The second kappa shape index (κ2) is 4.96. The molecule has 38 heavy (non-hydrogen) atoms. The maximum atomic E-state index is 6.56. The molecule has 0 amide bonds. The number of benzene rings is 4. The average molecular weight is 506 g/mol. The van der Waals surface area contributed by atoms with Crippen LogP contribution in [0.5, 0.6) is 11.5 Å². The number of rotatable bonds is 3. The van der Waals surface area contributed by atoms with Gasteiger partial charge in [0, 0.05) is 0 Å². The Morgan fingerprint density at radius 2 is 1.66 bits per heavy atom. The van der Waals surface area contributed by atoms with E-state index in [9.17, 15) is 0 Å². The van der Waals surface area contributed by atoms with E-state index in [0.29, 0.717) is 0 Å². The van der Waals surface area contributed by atoms with Crippen LogP contribution >= 0.6 is 12.7 Å². The number of para-hydroxylation sites is 2. The summed E-state index contributed by atoms with van der Waals surface area (Å²) in [5, 5.41) is 4.54. The third kappa shape index (κ3) is 1.51. The van der Waals surface area contributed by atoms with Crippen LogP contribution < -0.4 is 31.3 Å². The van der Waals surface area contributed by atoms with Crippen molar-refractivity contribution in [1.82, 2.24) is 9.42 Å². The third-order valence-electron chi connectivity index (χ3n) is 12.4. The first-order chi connectivity index (χ1) is 18.7. The van der Waals surface area contributed by atoms with Crippen molar-refractivity contribution in [3.8, 4) is 17.2 Å². The first-order valence-corrected chi connectivity index (χ1v) is 19.0. The first-order valence-electron chi connectivity index (χ1n) is 14.1. The van der Waals surface area contributed by atoms with Crippen LogP contribution in [0.3, 0.4) is 0 Å². The summed E-state index contributed by atoms with van der Waals surface area (Å²) in [5.41, 5.74) is 8.12. The summed E-state index contributed by atoms with van der Waals surface area (Å²) < 4.78 is 9.10. The zero-order chi connectivity index (χ0) is 24.0. The van der Waals surface area contributed by atoms with Crippen molar-refractivity contribution in [2.24, 2.45) is 0 Å². The van der Waals surface area contributed by atoms with Gasteiger partial charge in [-0.2, -0.15) is 0 Å². The normalized spacial score (nSPS) is 27.1. The molecule has 3 nitrogen and oxygen atoms in total. The van der Waals surface area contributed by atoms with Gasteiger partial charge in [-0.1, -0.05) is 0 Å². The van der Waals surface area contributed by atoms with E-state index in [4.69, 9.17) is 4.74 Å². The SMILES string of the molecule is [B]1B2B3[B-]P123NP12(c3cc4c5c(c3)c3ccccc3n5-c3cccc5c3B4c3ccccc3O5)B3[B-]B1B32. The van der Waals surface area contributed by atoms with Crippen LogP contribution in [0, 0.1) is 0 Å². The molecule has 9 aliphatic rings. The van der Waals surface area contributed by atoms with Gasteiger partial charge in [0.1, 0.15) is 0 Å². The average Bonchev–Trinajstić information content (AvgIpc) is 3.88. The zero-order valence-electron chi connectivity index (χ0n) is 20.5. The predicted octanol–water partition coefficient (Wildman–Crippen LogP) is 1.07. The summed E-state index contributed by atoms with van der Waals surface area (Å²) in [6.07, 6.45) is 0.976. The topological polar surface area (TPSA) is 26.2 Å². The molecule has 7 fully saturated rings. The fourth-order valence-corrected chi connectivity index (χ4v) is 29.4. The minimum atomic E-state index is -2.03. The van der Waals surface area contributed by atoms with Gasteiger partial charge < -0.3 is 0 Å². The van der Waals surface area contributed by atoms with Gasteiger partial charge in [0.25, 0.3) is 0 Å². The number of ether oxygens (including phenoxy) is 1. The van der Waals surface area contributed by atoms with E-state index in [-0.39, 0.29) is 6.71 Å². The minimum absolute atomic E-state index is 0.205. The number of nitrogens with one attached hydrogen (secondary N) is 1. The van der Waals surface area contributed by atoms with Crippen LogP contribution in [0.1, 0.15) is 0 Å². The molecule has 5 aromatic rings. The molecule has 2 bridgehead atoms. The van der Waals surface area contributed by atoms with Gasteiger partial charge in [0.15, 0.2) is 0 Å². The molecule has 165 valence electrons. The van der Waals surface area contributed by atoms with Crippen molar-refractivity contribution >= 4 is 115 Å². The van der Waals surface area contributed by atoms with Crippen molar-refractivity contribution in [2.75, 3.05) is 0 Å². The van der Waals surface area contributed by atoms with Gasteiger partial charge in [-0.05, 0) is 0 Å². The van der Waals surface area contributed by atoms with Gasteiger partial charge in [-0.15, -0.1) is 0 Å². The molecule has 4 aromatic carbocycles. The summed E-state index contributed by atoms with van der Waals surface area (Å²) in [5.74, 6) is 2.02. The summed E-state index contributed by atoms with van der Waals surface area (Å²) in [6.45, 7) is 5.70. The summed E-state index contributed by atoms with van der Waals surface area (Å²) in [6, 6.07) is 29.8. The van der Waals surface area contributed by atoms with E-state index < -0.39 is 12.7 Å². The number of fused-ring (bicyclic) bond motifs is 8. The molecule has 7 saturated heterocycles. The predicted molar refractivity (Wildman–Crippen MR) is 175 cm³/mol. The van der Waals surface area contributed by atoms with Crippen molar-refractivity contribution in [1.29, 1.82) is 0 Å². The van der Waals surface area contributed by atoms with Crippen LogP contribution in [0.2, 0.25) is 0 Å². The van der Waals surface area contributed by atoms with E-state index in [1.807, 2.05) is 0 Å². The zero-order valence-corrected chi connectivity index (χ0v) is 22.2. The molecule has 5 radical (unpaired) electrons. The number of aromatic nitrogens is 1. The van der Waals surface area contributed by atoms with E-state index >= 15 is 0 Å². The standard InChI is InChI=1S/C24H14B9N2OP2/c1-3-8-19-15(6-1)16-12-14(37(29-25-30(37)33(29)37)34-38-26-31(38)32(38)27-38)13-18-24(16)35(19)20-9-5-11-22-23(20)28(18)17-7-2-4-10-21(17)36-22/h1-13,34H/q-2. The van der Waals surface area contributed by atoms with E-state index in [1.54, 1.807) is 5.30 Å². The fraction of sp³-hybridized carbons (Fsp3) is 0. The number of hydrogen-bond donors (Lipinski definition) is 1. The van der Waals surface area contributed by atoms with Gasteiger partial charge in [-0.25, -0.2) is 0 Å². The molecule has 10 heterocycles. The van der Waals surface area contributed by atoms with Crippen molar-refractivity contribution in [2.45, 2.75) is 0 Å². The van der Waals surface area contributed by atoms with Gasteiger partial charge >= 0.3 is 225 Å². The maximum absolute atomic E-state index is 6.56. The Hall–Kier alpha value is -2.12. The summed E-state index contributed by atoms with van der Waals surface area (Å²) >= 11 is 0. The molecule has 1 N–H and O–H groups in total. The van der Waals surface area contributed by atoms with Gasteiger partial charge in [0.05, 0.1) is 0 Å². The monoisotopic (exact) mass is 507 g/mol. The van der Waals surface area contributed by atoms with Crippen molar-refractivity contribution in [3.63, 3.8) is 0 Å². The van der Waals surface area contributed by atoms with Crippen molar-refractivity contribution < 1.29 is 4.74 Å². The molecule has 1 aromatic heterocycles. The Kier molecular flexibility index (Phi) is 2.48. The molecule has 0 aliphatic carbocycles. The van der Waals surface area contributed by atoms with Crippen LogP contribution in [0.25, 0.3) is 27.5 Å². The Balaban J connectivity index is 1.19. The van der Waals surface area contributed by atoms with E-state index in [0.717, 1.165) is 42.6 Å². The van der Waals surface area contributed by atoms with E-state index in [1.165, 1.54) is 43.9 Å². The third-order valence-corrected chi connectivity index (χ3v) is 26.8. The Bertz CT molecular complexity index is 2120. The molecule has 0 saturated carbocycles. The second-order valence-electron chi connectivity index (χ2n) is 13.3. The van der Waals surface area contributed by atoms with Gasteiger partial charge in [0.2, 0.25) is 0 Å². The Labute approximate surface area is 224 Å². The quantitative estimate of drug-likeness (QED) is 0.287. The molecule has 9 aliphatic heterocycles. The summed E-state index contributed by atoms with van der Waals surface area (Å²) in [7, 11) is 2.70. The molecule has 1 spiro atoms. The van der Waals surface area contributed by atoms with Crippen LogP contribution in [-0.4, -0.2) is 63.2 Å². The van der Waals surface area contributed by atoms with Crippen LogP contribution in [0.4, 0.5) is 0 Å². The molecular weight excluding hydrogens is 492 g/mol. The van der Waals surface area contributed by atoms with E-state index in [2.05, 4.69) is 109 Å². The molecule has 0 unspecified atom stereocenters. The first kappa shape index (κ1) is 19.0. The summed E-state index contributed by atoms with van der Waals surface area (Å²) in [4.78, 5) is 4.68. The van der Waals surface area contributed by atoms with Crippen LogP contribution in [-0.2, 0) is 0 Å². The molecule has 14 rings (SSSR count). The Morgan fingerprint density at radius 3 is 2.45 bits per heavy atom. The molecule has 14 heteroatoms. The molecular formula is C24H14B9N2OP2-2. The molecule has 0 atom stereocenters. The Morgan fingerprint density at radius 1 is 0.842 bits per heavy atom. The van der Waals surface area contributed by atoms with Gasteiger partial charge in [-0.3, -0.25) is 0 Å². The fourth-order valence-electron chi connectivity index (χ4n) is 10.2.